The number of aromatic amines is 1. The molecule has 10 nitrogen and oxygen atoms in total. The van der Waals surface area contributed by atoms with Crippen LogP contribution in [0.4, 0.5) is 5.69 Å². The van der Waals surface area contributed by atoms with Crippen LogP contribution < -0.4 is 10.2 Å². The molecule has 3 saturated heterocycles. The quantitative estimate of drug-likeness (QED) is 0.167. The van der Waals surface area contributed by atoms with Crippen LogP contribution in [0.3, 0.4) is 0 Å². The number of fused-ring (bicyclic) bond motifs is 5. The molecule has 2 amide bonds. The number of H-pyrrole nitrogens is 1. The topological polar surface area (TPSA) is 116 Å². The second-order valence-electron chi connectivity index (χ2n) is 16.7. The van der Waals surface area contributed by atoms with Crippen LogP contribution in [0.15, 0.2) is 48.5 Å². The Kier molecular flexibility index (Phi) is 9.16. The molecule has 4 aliphatic heterocycles. The lowest BCUT2D eigenvalue weighted by atomic mass is 9.70. The van der Waals surface area contributed by atoms with Crippen molar-refractivity contribution < 1.29 is 14.4 Å². The lowest BCUT2D eigenvalue weighted by Gasteiger charge is -2.44. The van der Waals surface area contributed by atoms with Gasteiger partial charge in [-0.2, -0.15) is 17.9 Å². The first-order chi connectivity index (χ1) is 26.5. The molecule has 5 heterocycles. The second-order valence-corrected chi connectivity index (χ2v) is 17.1. The average Bonchev–Trinajstić information content (AvgIpc) is 3.74. The summed E-state index contributed by atoms with van der Waals surface area (Å²) >= 11 is 4.87. The van der Waals surface area contributed by atoms with Crippen LogP contribution in [0.25, 0.3) is 10.9 Å². The molecule has 284 valence electrons. The Labute approximate surface area is 328 Å². The molecule has 3 fully saturated rings. The van der Waals surface area contributed by atoms with E-state index < -0.39 is 5.41 Å². The number of anilines is 1. The Balaban J connectivity index is 0.829. The van der Waals surface area contributed by atoms with Crippen LogP contribution in [0.2, 0.25) is 0 Å². The molecule has 0 spiro atoms. The van der Waals surface area contributed by atoms with Crippen molar-refractivity contribution in [2.45, 2.75) is 88.8 Å². The first-order valence-corrected chi connectivity index (χ1v) is 20.4. The third-order valence-corrected chi connectivity index (χ3v) is 13.8. The summed E-state index contributed by atoms with van der Waals surface area (Å²) in [7, 11) is 0. The number of nitrogens with one attached hydrogen (secondary N) is 2. The summed E-state index contributed by atoms with van der Waals surface area (Å²) in [6.45, 7) is 14.4. The van der Waals surface area contributed by atoms with Gasteiger partial charge in [0.05, 0.1) is 28.6 Å². The third-order valence-electron chi connectivity index (χ3n) is 13.2. The number of piperidine rings is 2. The van der Waals surface area contributed by atoms with Crippen molar-refractivity contribution in [3.05, 3.63) is 98.7 Å². The molecule has 1 aromatic heterocycles. The Hall–Kier alpha value is -4.47. The fourth-order valence-corrected chi connectivity index (χ4v) is 10.6. The molecule has 5 aliphatic rings. The number of nitrogens with zero attached hydrogens (tertiary/aromatic N) is 5. The van der Waals surface area contributed by atoms with Gasteiger partial charge in [-0.15, -0.1) is 0 Å². The average molecular weight is 756 g/mol. The lowest BCUT2D eigenvalue weighted by Crippen LogP contribution is -2.53. The fourth-order valence-electron chi connectivity index (χ4n) is 10.1. The number of hydrogen-bond donors (Lipinski definition) is 3. The number of aromatic nitrogens is 1. The molecule has 9 rings (SSSR count). The number of aryl methyl sites for hydroxylation is 1. The maximum absolute atomic E-state index is 14.1. The molecule has 2 unspecified atom stereocenters. The number of amides is 2. The fraction of sp³-hybridized carbons (Fsp3) is 0.455. The van der Waals surface area contributed by atoms with Crippen molar-refractivity contribution in [2.75, 3.05) is 44.2 Å². The maximum Gasteiger partial charge on any atom is 0.243 e. The highest BCUT2D eigenvalue weighted by molar-refractivity contribution is 7.80. The van der Waals surface area contributed by atoms with E-state index in [9.17, 15) is 19.6 Å². The van der Waals surface area contributed by atoms with E-state index in [0.29, 0.717) is 31.0 Å². The number of carbonyl (C=O) groups excluding carboxylic acids is 3. The van der Waals surface area contributed by atoms with E-state index in [4.69, 9.17) is 12.6 Å². The van der Waals surface area contributed by atoms with Gasteiger partial charge in [0.15, 0.2) is 5.78 Å². The van der Waals surface area contributed by atoms with Crippen molar-refractivity contribution >= 4 is 46.8 Å². The number of imide groups is 1. The molecule has 1 aliphatic carbocycles. The molecule has 3 aromatic carbocycles. The van der Waals surface area contributed by atoms with Gasteiger partial charge in [0.25, 0.3) is 0 Å². The van der Waals surface area contributed by atoms with Crippen LogP contribution >= 0.6 is 12.6 Å². The highest BCUT2D eigenvalue weighted by atomic mass is 32.1. The Morgan fingerprint density at radius 1 is 0.945 bits per heavy atom. The summed E-state index contributed by atoms with van der Waals surface area (Å²) in [5, 5.41) is 12.7. The standard InChI is InChI=1S/C44H49N7O3S/c1-4-28-21-33-34(44(2,3)41-39(40(33)53)32-8-5-26(23-45)20-35(32)46-41)22-37(28)50-13-11-30(12-14-50)49-17-15-48(16-18-49)24-27-6-7-31-29(19-27)25-51(43(31)55)36-9-10-38(52)47-42(36)54/h5-8,19-22,30,36,43,46,55H,4,9-18,24-25H2,1-3H3,(H,47,52,54). The highest BCUT2D eigenvalue weighted by Crippen LogP contribution is 2.46. The minimum absolute atomic E-state index is 0.0679. The molecule has 0 radical (unpaired) electrons. The number of benzene rings is 3. The van der Waals surface area contributed by atoms with E-state index in [1.165, 1.54) is 22.4 Å². The smallest absolute Gasteiger partial charge is 0.243 e. The summed E-state index contributed by atoms with van der Waals surface area (Å²) in [6.07, 6.45) is 4.02. The van der Waals surface area contributed by atoms with Gasteiger partial charge >= 0.3 is 0 Å². The zero-order valence-electron chi connectivity index (χ0n) is 32.0. The zero-order chi connectivity index (χ0) is 38.2. The van der Waals surface area contributed by atoms with Crippen molar-refractivity contribution in [1.29, 1.82) is 5.26 Å². The first kappa shape index (κ1) is 36.2. The largest absolute Gasteiger partial charge is 0.371 e. The van der Waals surface area contributed by atoms with E-state index in [1.54, 1.807) is 6.07 Å². The highest BCUT2D eigenvalue weighted by Gasteiger charge is 2.42. The molecular formula is C44H49N7O3S. The van der Waals surface area contributed by atoms with Crippen LogP contribution in [0, 0.1) is 11.3 Å². The van der Waals surface area contributed by atoms with Crippen molar-refractivity contribution in [2.24, 2.45) is 0 Å². The molecular weight excluding hydrogens is 707 g/mol. The van der Waals surface area contributed by atoms with Gasteiger partial charge < -0.3 is 9.88 Å². The van der Waals surface area contributed by atoms with Gasteiger partial charge in [0.1, 0.15) is 0 Å². The molecule has 0 bridgehead atoms. The van der Waals surface area contributed by atoms with Crippen LogP contribution in [0.5, 0.6) is 0 Å². The summed E-state index contributed by atoms with van der Waals surface area (Å²) in [5.41, 5.74) is 10.7. The van der Waals surface area contributed by atoms with Crippen LogP contribution in [-0.4, -0.2) is 88.6 Å². The van der Waals surface area contributed by atoms with E-state index in [2.05, 4.69) is 87.1 Å². The second kappa shape index (κ2) is 13.9. The van der Waals surface area contributed by atoms with Gasteiger partial charge in [-0.25, -0.2) is 0 Å². The Bertz CT molecular complexity index is 2270. The summed E-state index contributed by atoms with van der Waals surface area (Å²) < 4.78 is 0. The lowest BCUT2D eigenvalue weighted by molar-refractivity contribution is -0.137. The molecule has 11 heteroatoms. The SMILES string of the molecule is CCc1cc2c(cc1N1CCC(N3CCN(Cc4ccc5c(c4)CN(C4CCC(=O)NC4=O)C5S)CC3)CC1)C(C)(C)c1[nH]c3cc(C#N)ccc3c1C2=O. The third kappa shape index (κ3) is 6.18. The van der Waals surface area contributed by atoms with Gasteiger partial charge in [0, 0.05) is 98.1 Å². The van der Waals surface area contributed by atoms with Gasteiger partial charge in [-0.05, 0) is 77.8 Å². The number of rotatable bonds is 6. The van der Waals surface area contributed by atoms with E-state index in [-0.39, 0.29) is 29.0 Å². The van der Waals surface area contributed by atoms with Gasteiger partial charge in [-0.1, -0.05) is 45.0 Å². The molecule has 55 heavy (non-hydrogen) atoms. The van der Waals surface area contributed by atoms with Gasteiger partial charge in [0.2, 0.25) is 11.8 Å². The number of nitriles is 1. The Morgan fingerprint density at radius 3 is 2.45 bits per heavy atom. The number of hydrogen-bond acceptors (Lipinski definition) is 9. The van der Waals surface area contributed by atoms with Crippen LogP contribution in [0.1, 0.15) is 107 Å². The normalized spacial score (nSPS) is 23.4. The number of thiol groups is 1. The summed E-state index contributed by atoms with van der Waals surface area (Å²) in [6, 6.07) is 19.2. The summed E-state index contributed by atoms with van der Waals surface area (Å²) in [5.74, 6) is -0.329. The van der Waals surface area contributed by atoms with E-state index in [1.807, 2.05) is 12.1 Å². The first-order valence-electron chi connectivity index (χ1n) is 19.9. The molecule has 2 N–H and O–H groups in total. The number of ketones is 1. The van der Waals surface area contributed by atoms with Crippen molar-refractivity contribution in [1.82, 2.24) is 25.0 Å². The van der Waals surface area contributed by atoms with E-state index >= 15 is 0 Å². The maximum atomic E-state index is 14.1. The number of carbonyl (C=O) groups is 3. The molecule has 0 saturated carbocycles. The van der Waals surface area contributed by atoms with Crippen molar-refractivity contribution in [3.63, 3.8) is 0 Å². The minimum atomic E-state index is -0.394. The van der Waals surface area contributed by atoms with Crippen molar-refractivity contribution in [3.8, 4) is 6.07 Å². The number of piperazine rings is 1. The van der Waals surface area contributed by atoms with Crippen LogP contribution in [-0.2, 0) is 34.5 Å². The molecule has 2 atom stereocenters. The predicted octanol–water partition coefficient (Wildman–Crippen LogP) is 5.81. The van der Waals surface area contributed by atoms with Gasteiger partial charge in [-0.3, -0.25) is 34.4 Å². The predicted molar refractivity (Wildman–Crippen MR) is 216 cm³/mol. The Morgan fingerprint density at radius 2 is 1.73 bits per heavy atom. The minimum Gasteiger partial charge on any atom is -0.371 e. The monoisotopic (exact) mass is 755 g/mol. The molecule has 4 aromatic rings. The summed E-state index contributed by atoms with van der Waals surface area (Å²) in [4.78, 5) is 51.9. The van der Waals surface area contributed by atoms with E-state index in [0.717, 1.165) is 104 Å². The zero-order valence-corrected chi connectivity index (χ0v) is 32.8.